The molecule has 1 amide bonds. The maximum absolute atomic E-state index is 11.9. The molecule has 2 saturated carbocycles. The predicted molar refractivity (Wildman–Crippen MR) is 127 cm³/mol. The number of amides is 1. The maximum Gasteiger partial charge on any atom is 0.407 e. The van der Waals surface area contributed by atoms with Crippen LogP contribution in [0.5, 0.6) is 5.88 Å². The monoisotopic (exact) mass is 499 g/mol. The minimum Gasteiger partial charge on any atom is -0.493 e. The lowest BCUT2D eigenvalue weighted by atomic mass is 9.91. The number of hydrogen-bond acceptors (Lipinski definition) is 10. The lowest BCUT2D eigenvalue weighted by Crippen LogP contribution is -2.41. The van der Waals surface area contributed by atoms with Gasteiger partial charge in [0.05, 0.1) is 18.8 Å². The molecule has 3 aromatic rings. The third kappa shape index (κ3) is 5.64. The predicted octanol–water partition coefficient (Wildman–Crippen LogP) is -0.447. The fourth-order valence-electron chi connectivity index (χ4n) is 4.14. The molecule has 2 fully saturated rings. The molecule has 192 valence electrons. The number of hydrogen-bond donors (Lipinski definition) is 5. The second kappa shape index (κ2) is 10.4. The smallest absolute Gasteiger partial charge is 0.407 e. The Morgan fingerprint density at radius 1 is 1.19 bits per heavy atom. The molecule has 14 heteroatoms. The van der Waals surface area contributed by atoms with Crippen molar-refractivity contribution in [2.45, 2.75) is 56.7 Å². The molecule has 0 spiro atoms. The van der Waals surface area contributed by atoms with Crippen LogP contribution in [0.1, 0.15) is 44.2 Å². The van der Waals surface area contributed by atoms with Gasteiger partial charge >= 0.3 is 11.8 Å². The van der Waals surface area contributed by atoms with Crippen molar-refractivity contribution in [3.63, 3.8) is 0 Å². The molecule has 36 heavy (non-hydrogen) atoms. The quantitative estimate of drug-likeness (QED) is 0.256. The van der Waals surface area contributed by atoms with Crippen LogP contribution in [0, 0.1) is 0 Å². The van der Waals surface area contributed by atoms with Crippen LogP contribution < -0.4 is 27.2 Å². The van der Waals surface area contributed by atoms with Crippen molar-refractivity contribution in [2.75, 3.05) is 25.6 Å². The van der Waals surface area contributed by atoms with E-state index in [1.165, 1.54) is 0 Å². The van der Waals surface area contributed by atoms with E-state index in [2.05, 4.69) is 40.7 Å². The van der Waals surface area contributed by atoms with Crippen LogP contribution in [-0.2, 0) is 9.47 Å². The standard InChI is InChI=1S/C22H29N9O5/c1-35-8-9-36-22(34)26-15-6-2-13(3-7-15)24-19-28-17-12(10-16-18(32)29-21(33)27-16)11-23-31(17)20(30-19)25-14-4-5-14/h10-11,13-15,32H,2-9H2,1H3,(H,26,34)(H,24,25,30)(H2,27,29,33). The van der Waals surface area contributed by atoms with Crippen molar-refractivity contribution in [3.05, 3.63) is 33.2 Å². The number of aromatic amines is 2. The first kappa shape index (κ1) is 23.8. The van der Waals surface area contributed by atoms with Gasteiger partial charge < -0.3 is 30.2 Å². The number of fused-ring (bicyclic) bond motifs is 1. The van der Waals surface area contributed by atoms with E-state index in [1.807, 2.05) is 0 Å². The molecule has 2 aliphatic carbocycles. The molecule has 5 N–H and O–H groups in total. The first-order valence-corrected chi connectivity index (χ1v) is 12.0. The average Bonchev–Trinajstić information content (AvgIpc) is 3.49. The highest BCUT2D eigenvalue weighted by Gasteiger charge is 2.24. The minimum atomic E-state index is -0.509. The first-order valence-electron chi connectivity index (χ1n) is 12.0. The molecular formula is C22H29N9O5. The van der Waals surface area contributed by atoms with Crippen LogP contribution in [0.2, 0.25) is 0 Å². The van der Waals surface area contributed by atoms with Gasteiger partial charge in [0.25, 0.3) is 5.62 Å². The number of rotatable bonds is 8. The van der Waals surface area contributed by atoms with Crippen LogP contribution in [0.3, 0.4) is 0 Å². The van der Waals surface area contributed by atoms with E-state index in [1.54, 1.807) is 23.9 Å². The number of nitrogens with one attached hydrogen (secondary N) is 4. The third-order valence-corrected chi connectivity index (χ3v) is 6.16. The Morgan fingerprint density at radius 2 is 1.97 bits per heavy atom. The van der Waals surface area contributed by atoms with Gasteiger partial charge in [0.1, 0.15) is 12.3 Å². The Bertz CT molecular complexity index is 1400. The van der Waals surface area contributed by atoms with Crippen molar-refractivity contribution in [1.29, 1.82) is 0 Å². The second-order valence-corrected chi connectivity index (χ2v) is 8.99. The summed E-state index contributed by atoms with van der Waals surface area (Å²) in [5.74, 6) is 0.168. The SMILES string of the molecule is COCCOC(=O)NC1CCC(Nc2nc(=NC3CC3)n3ncc(=Cc4[nH]c(=O)[nH]c4O)c3n2)CC1. The van der Waals surface area contributed by atoms with E-state index in [9.17, 15) is 14.7 Å². The molecule has 0 aliphatic heterocycles. The fraction of sp³-hybridized carbons (Fsp3) is 0.545. The van der Waals surface area contributed by atoms with E-state index < -0.39 is 11.8 Å². The Kier molecular flexibility index (Phi) is 6.84. The lowest BCUT2D eigenvalue weighted by Gasteiger charge is -2.29. The second-order valence-electron chi connectivity index (χ2n) is 8.99. The Hall–Kier alpha value is -3.94. The van der Waals surface area contributed by atoms with Gasteiger partial charge in [0.2, 0.25) is 11.8 Å². The van der Waals surface area contributed by atoms with Crippen molar-refractivity contribution >= 4 is 23.8 Å². The highest BCUT2D eigenvalue weighted by atomic mass is 16.6. The first-order chi connectivity index (χ1) is 17.5. The summed E-state index contributed by atoms with van der Waals surface area (Å²) in [5, 5.41) is 21.2. The minimum absolute atomic E-state index is 0.0501. The number of nitrogens with zero attached hydrogens (tertiary/aromatic N) is 5. The highest BCUT2D eigenvalue weighted by molar-refractivity contribution is 5.67. The Balaban J connectivity index is 1.33. The summed E-state index contributed by atoms with van der Waals surface area (Å²) in [6, 6.07) is 0.404. The van der Waals surface area contributed by atoms with Crippen LogP contribution in [0.4, 0.5) is 10.7 Å². The molecule has 3 heterocycles. The molecule has 0 saturated heterocycles. The molecule has 0 bridgehead atoms. The Morgan fingerprint density at radius 3 is 2.67 bits per heavy atom. The van der Waals surface area contributed by atoms with Gasteiger partial charge in [-0.25, -0.2) is 14.6 Å². The van der Waals surface area contributed by atoms with Gasteiger partial charge in [-0.05, 0) is 44.6 Å². The summed E-state index contributed by atoms with van der Waals surface area (Å²) >= 11 is 0. The molecule has 3 aromatic heterocycles. The number of ether oxygens (including phenoxy) is 2. The van der Waals surface area contributed by atoms with Crippen LogP contribution >= 0.6 is 0 Å². The van der Waals surface area contributed by atoms with E-state index in [0.29, 0.717) is 29.0 Å². The number of aromatic nitrogens is 6. The van der Waals surface area contributed by atoms with Gasteiger partial charge in [-0.2, -0.15) is 19.6 Å². The number of methoxy groups -OCH3 is 1. The molecule has 0 atom stereocenters. The summed E-state index contributed by atoms with van der Waals surface area (Å²) in [7, 11) is 1.56. The van der Waals surface area contributed by atoms with E-state index >= 15 is 0 Å². The molecule has 14 nitrogen and oxygen atoms in total. The third-order valence-electron chi connectivity index (χ3n) is 6.16. The normalized spacial score (nSPS) is 21.1. The molecule has 5 rings (SSSR count). The summed E-state index contributed by atoms with van der Waals surface area (Å²) in [6.45, 7) is 0.589. The van der Waals surface area contributed by atoms with Gasteiger partial charge in [-0.15, -0.1) is 0 Å². The zero-order valence-corrected chi connectivity index (χ0v) is 19.9. The zero-order valence-electron chi connectivity index (χ0n) is 19.9. The van der Waals surface area contributed by atoms with Crippen molar-refractivity contribution in [2.24, 2.45) is 4.99 Å². The number of carbonyl (C=O) groups is 1. The zero-order chi connectivity index (χ0) is 25.1. The molecule has 0 unspecified atom stereocenters. The molecule has 0 radical (unpaired) electrons. The number of H-pyrrole nitrogens is 2. The van der Waals surface area contributed by atoms with Crippen LogP contribution in [0.15, 0.2) is 16.0 Å². The largest absolute Gasteiger partial charge is 0.493 e. The van der Waals surface area contributed by atoms with E-state index in [0.717, 1.165) is 38.5 Å². The van der Waals surface area contributed by atoms with Gasteiger partial charge in [0, 0.05) is 24.4 Å². The molecule has 0 aromatic carbocycles. The summed E-state index contributed by atoms with van der Waals surface area (Å²) in [6.07, 6.45) is 8.02. The van der Waals surface area contributed by atoms with E-state index in [-0.39, 0.29) is 36.3 Å². The fourth-order valence-corrected chi connectivity index (χ4v) is 4.14. The number of imidazole rings is 1. The van der Waals surface area contributed by atoms with Gasteiger partial charge in [-0.1, -0.05) is 0 Å². The van der Waals surface area contributed by atoms with E-state index in [4.69, 9.17) is 9.47 Å². The summed E-state index contributed by atoms with van der Waals surface area (Å²) in [4.78, 5) is 42.2. The highest BCUT2D eigenvalue weighted by Crippen LogP contribution is 2.23. The summed E-state index contributed by atoms with van der Waals surface area (Å²) < 4.78 is 11.5. The van der Waals surface area contributed by atoms with Gasteiger partial charge in [0.15, 0.2) is 5.65 Å². The van der Waals surface area contributed by atoms with Crippen molar-refractivity contribution in [3.8, 4) is 5.88 Å². The molecule has 2 aliphatic rings. The molecular weight excluding hydrogens is 470 g/mol. The van der Waals surface area contributed by atoms with Crippen LogP contribution in [-0.4, -0.2) is 79.2 Å². The Labute approximate surface area is 204 Å². The average molecular weight is 500 g/mol. The maximum atomic E-state index is 11.9. The lowest BCUT2D eigenvalue weighted by molar-refractivity contribution is 0.0950. The van der Waals surface area contributed by atoms with Crippen LogP contribution in [0.25, 0.3) is 11.7 Å². The number of carbonyl (C=O) groups excluding carboxylic acids is 1. The van der Waals surface area contributed by atoms with Crippen molar-refractivity contribution < 1.29 is 19.4 Å². The topological polar surface area (TPSA) is 184 Å². The van der Waals surface area contributed by atoms with Crippen molar-refractivity contribution in [1.82, 2.24) is 34.9 Å². The number of anilines is 1. The summed E-state index contributed by atoms with van der Waals surface area (Å²) in [5.41, 5.74) is 0.674. The van der Waals surface area contributed by atoms with Gasteiger partial charge in [-0.3, -0.25) is 4.98 Å². The number of aromatic hydroxyl groups is 1. The number of alkyl carbamates (subject to hydrolysis) is 1.